The molecule has 108 valence electrons. The van der Waals surface area contributed by atoms with E-state index in [-0.39, 0.29) is 0 Å². The van der Waals surface area contributed by atoms with E-state index >= 15 is 0 Å². The van der Waals surface area contributed by atoms with E-state index in [9.17, 15) is 0 Å². The summed E-state index contributed by atoms with van der Waals surface area (Å²) in [5.74, 6) is 4.01. The summed E-state index contributed by atoms with van der Waals surface area (Å²) < 4.78 is 5.76. The van der Waals surface area contributed by atoms with Gasteiger partial charge in [-0.25, -0.2) is 0 Å². The van der Waals surface area contributed by atoms with Gasteiger partial charge in [0.05, 0.1) is 6.61 Å². The molecule has 3 aliphatic rings. The Labute approximate surface area is 125 Å². The maximum absolute atomic E-state index is 6.20. The van der Waals surface area contributed by atoms with Crippen LogP contribution in [0.5, 0.6) is 5.75 Å². The first-order valence-electron chi connectivity index (χ1n) is 7.94. The third-order valence-electron chi connectivity index (χ3n) is 5.43. The van der Waals surface area contributed by atoms with Crippen molar-refractivity contribution in [2.45, 2.75) is 38.6 Å². The first-order valence-corrected chi connectivity index (χ1v) is 8.32. The van der Waals surface area contributed by atoms with E-state index in [1.54, 1.807) is 0 Å². The summed E-state index contributed by atoms with van der Waals surface area (Å²) in [6.45, 7) is 2.84. The monoisotopic (exact) mass is 291 g/mol. The summed E-state index contributed by atoms with van der Waals surface area (Å²) in [4.78, 5) is 0. The molecular formula is C17H22ClNO. The lowest BCUT2D eigenvalue weighted by Crippen LogP contribution is -2.26. The molecular weight excluding hydrogens is 270 g/mol. The SMILES string of the molecule is Clc1cc2c(c(CNCC3CC4CCC3C4)c1)OCC2. The van der Waals surface area contributed by atoms with Crippen LogP contribution in [0.2, 0.25) is 5.02 Å². The maximum atomic E-state index is 6.20. The van der Waals surface area contributed by atoms with Crippen molar-refractivity contribution in [1.29, 1.82) is 0 Å². The van der Waals surface area contributed by atoms with Crippen LogP contribution in [0.4, 0.5) is 0 Å². The van der Waals surface area contributed by atoms with Crippen molar-refractivity contribution in [3.8, 4) is 5.75 Å². The van der Waals surface area contributed by atoms with E-state index in [1.807, 2.05) is 6.07 Å². The Balaban J connectivity index is 1.38. The third kappa shape index (κ3) is 2.33. The van der Waals surface area contributed by atoms with Gasteiger partial charge in [-0.15, -0.1) is 0 Å². The van der Waals surface area contributed by atoms with Crippen LogP contribution >= 0.6 is 11.6 Å². The smallest absolute Gasteiger partial charge is 0.127 e. The second kappa shape index (κ2) is 5.23. The Morgan fingerprint density at radius 2 is 2.20 bits per heavy atom. The molecule has 1 N–H and O–H groups in total. The van der Waals surface area contributed by atoms with E-state index in [4.69, 9.17) is 16.3 Å². The van der Waals surface area contributed by atoms with Gasteiger partial charge in [0.25, 0.3) is 0 Å². The summed E-state index contributed by atoms with van der Waals surface area (Å²) in [7, 11) is 0. The van der Waals surface area contributed by atoms with E-state index in [0.29, 0.717) is 0 Å². The van der Waals surface area contributed by atoms with Crippen molar-refractivity contribution >= 4 is 11.6 Å². The van der Waals surface area contributed by atoms with Crippen molar-refractivity contribution in [2.75, 3.05) is 13.2 Å². The van der Waals surface area contributed by atoms with Gasteiger partial charge in [-0.1, -0.05) is 18.0 Å². The molecule has 2 aliphatic carbocycles. The minimum Gasteiger partial charge on any atom is -0.493 e. The minimum atomic E-state index is 0.801. The van der Waals surface area contributed by atoms with E-state index in [2.05, 4.69) is 11.4 Å². The molecule has 0 aromatic heterocycles. The average molecular weight is 292 g/mol. The Hall–Kier alpha value is -0.730. The maximum Gasteiger partial charge on any atom is 0.127 e. The number of benzene rings is 1. The molecule has 4 rings (SSSR count). The average Bonchev–Trinajstić information content (AvgIpc) is 3.13. The molecule has 2 fully saturated rings. The normalized spacial score (nSPS) is 30.6. The quantitative estimate of drug-likeness (QED) is 0.911. The number of ether oxygens (including phenoxy) is 1. The van der Waals surface area contributed by atoms with Crippen LogP contribution < -0.4 is 10.1 Å². The van der Waals surface area contributed by atoms with Gasteiger partial charge >= 0.3 is 0 Å². The molecule has 3 heteroatoms. The standard InChI is InChI=1S/C17H22ClNO/c18-16-7-13-3-4-20-17(13)15(8-16)10-19-9-14-6-11-1-2-12(14)5-11/h7-8,11-12,14,19H,1-6,9-10H2. The minimum absolute atomic E-state index is 0.801. The van der Waals surface area contributed by atoms with E-state index in [1.165, 1.54) is 36.8 Å². The number of nitrogens with one attached hydrogen (secondary N) is 1. The first-order chi connectivity index (χ1) is 9.79. The Morgan fingerprint density at radius 3 is 3.00 bits per heavy atom. The highest BCUT2D eigenvalue weighted by Crippen LogP contribution is 2.48. The zero-order valence-corrected chi connectivity index (χ0v) is 12.6. The third-order valence-corrected chi connectivity index (χ3v) is 5.65. The molecule has 2 bridgehead atoms. The molecule has 1 aliphatic heterocycles. The molecule has 0 spiro atoms. The second-order valence-corrected chi connectivity index (χ2v) is 7.15. The van der Waals surface area contributed by atoms with Crippen LogP contribution in [0.25, 0.3) is 0 Å². The van der Waals surface area contributed by atoms with Gasteiger partial charge in [-0.2, -0.15) is 0 Å². The first kappa shape index (κ1) is 13.0. The predicted molar refractivity (Wildman–Crippen MR) is 81.3 cm³/mol. The molecule has 0 radical (unpaired) electrons. The lowest BCUT2D eigenvalue weighted by molar-refractivity contribution is 0.316. The fourth-order valence-corrected chi connectivity index (χ4v) is 4.76. The summed E-state index contributed by atoms with van der Waals surface area (Å²) in [5.41, 5.74) is 2.50. The van der Waals surface area contributed by atoms with Crippen LogP contribution in [0.1, 0.15) is 36.8 Å². The van der Waals surface area contributed by atoms with Gasteiger partial charge < -0.3 is 10.1 Å². The zero-order chi connectivity index (χ0) is 13.5. The zero-order valence-electron chi connectivity index (χ0n) is 11.8. The van der Waals surface area contributed by atoms with Crippen molar-refractivity contribution in [2.24, 2.45) is 17.8 Å². The fourth-order valence-electron chi connectivity index (χ4n) is 4.50. The molecule has 2 nitrogen and oxygen atoms in total. The lowest BCUT2D eigenvalue weighted by atomic mass is 9.89. The van der Waals surface area contributed by atoms with E-state index < -0.39 is 0 Å². The number of hydrogen-bond donors (Lipinski definition) is 1. The van der Waals surface area contributed by atoms with Gasteiger partial charge in [0.2, 0.25) is 0 Å². The molecule has 1 aromatic carbocycles. The number of hydrogen-bond acceptors (Lipinski definition) is 2. The van der Waals surface area contributed by atoms with Crippen LogP contribution in [0.3, 0.4) is 0 Å². The molecule has 0 amide bonds. The van der Waals surface area contributed by atoms with Gasteiger partial charge in [0, 0.05) is 23.6 Å². The Kier molecular flexibility index (Phi) is 3.39. The van der Waals surface area contributed by atoms with E-state index in [0.717, 1.165) is 54.6 Å². The molecule has 1 heterocycles. The number of rotatable bonds is 4. The van der Waals surface area contributed by atoms with Crippen molar-refractivity contribution < 1.29 is 4.74 Å². The lowest BCUT2D eigenvalue weighted by Gasteiger charge is -2.22. The molecule has 3 unspecified atom stereocenters. The molecule has 0 saturated heterocycles. The van der Waals surface area contributed by atoms with Crippen LogP contribution in [0.15, 0.2) is 12.1 Å². The number of halogens is 1. The van der Waals surface area contributed by atoms with Crippen molar-refractivity contribution in [1.82, 2.24) is 5.32 Å². The summed E-state index contributed by atoms with van der Waals surface area (Å²) in [6.07, 6.45) is 6.88. The van der Waals surface area contributed by atoms with Crippen LogP contribution in [0, 0.1) is 17.8 Å². The second-order valence-electron chi connectivity index (χ2n) is 6.72. The summed E-state index contributed by atoms with van der Waals surface area (Å²) in [5, 5.41) is 4.49. The van der Waals surface area contributed by atoms with Crippen LogP contribution in [-0.2, 0) is 13.0 Å². The molecule has 20 heavy (non-hydrogen) atoms. The Bertz CT molecular complexity index is 516. The summed E-state index contributed by atoms with van der Waals surface area (Å²) >= 11 is 6.20. The molecule has 2 saturated carbocycles. The van der Waals surface area contributed by atoms with Gasteiger partial charge in [0.1, 0.15) is 5.75 Å². The molecule has 3 atom stereocenters. The topological polar surface area (TPSA) is 21.3 Å². The van der Waals surface area contributed by atoms with Crippen molar-refractivity contribution in [3.05, 3.63) is 28.3 Å². The predicted octanol–water partition coefficient (Wildman–Crippen LogP) is 3.80. The highest BCUT2D eigenvalue weighted by atomic mass is 35.5. The van der Waals surface area contributed by atoms with Crippen molar-refractivity contribution in [3.63, 3.8) is 0 Å². The summed E-state index contributed by atoms with van der Waals surface area (Å²) in [6, 6.07) is 4.10. The largest absolute Gasteiger partial charge is 0.493 e. The molecule has 1 aromatic rings. The fraction of sp³-hybridized carbons (Fsp3) is 0.647. The van der Waals surface area contributed by atoms with Gasteiger partial charge in [-0.3, -0.25) is 0 Å². The number of fused-ring (bicyclic) bond motifs is 3. The van der Waals surface area contributed by atoms with Gasteiger partial charge in [0.15, 0.2) is 0 Å². The highest BCUT2D eigenvalue weighted by molar-refractivity contribution is 6.30. The Morgan fingerprint density at radius 1 is 1.25 bits per heavy atom. The highest BCUT2D eigenvalue weighted by Gasteiger charge is 2.38. The van der Waals surface area contributed by atoms with Crippen LogP contribution in [-0.4, -0.2) is 13.2 Å². The van der Waals surface area contributed by atoms with Gasteiger partial charge in [-0.05, 0) is 61.3 Å².